The number of fused-ring (bicyclic) bond motifs is 1. The maximum Gasteiger partial charge on any atom is 0.226 e. The number of anilines is 1. The summed E-state index contributed by atoms with van der Waals surface area (Å²) in [5.41, 5.74) is 4.23. The van der Waals surface area contributed by atoms with Gasteiger partial charge < -0.3 is 5.32 Å². The molecule has 5 nitrogen and oxygen atoms in total. The third kappa shape index (κ3) is 3.12. The summed E-state index contributed by atoms with van der Waals surface area (Å²) in [6, 6.07) is 12.4. The summed E-state index contributed by atoms with van der Waals surface area (Å²) >= 11 is 1.66. The van der Waals surface area contributed by atoms with E-state index in [9.17, 15) is 4.79 Å². The van der Waals surface area contributed by atoms with Crippen LogP contribution >= 0.6 is 11.3 Å². The Morgan fingerprint density at radius 3 is 2.62 bits per heavy atom. The zero-order chi connectivity index (χ0) is 20.2. The van der Waals surface area contributed by atoms with Crippen LogP contribution in [0.1, 0.15) is 56.5 Å². The Hall–Kier alpha value is -2.73. The zero-order valence-electron chi connectivity index (χ0n) is 16.9. The molecule has 3 aromatic rings. The molecule has 0 saturated carbocycles. The lowest BCUT2D eigenvalue weighted by Crippen LogP contribution is -2.31. The summed E-state index contributed by atoms with van der Waals surface area (Å²) in [4.78, 5) is 18.7. The van der Waals surface area contributed by atoms with Gasteiger partial charge in [-0.15, -0.1) is 16.4 Å². The van der Waals surface area contributed by atoms with Crippen molar-refractivity contribution in [2.24, 2.45) is 0 Å². The van der Waals surface area contributed by atoms with Gasteiger partial charge in [-0.1, -0.05) is 51.1 Å². The van der Waals surface area contributed by atoms with E-state index in [1.165, 1.54) is 5.56 Å². The summed E-state index contributed by atoms with van der Waals surface area (Å²) in [5, 5.41) is 10.3. The number of carbonyl (C=O) groups is 1. The van der Waals surface area contributed by atoms with E-state index in [4.69, 9.17) is 10.1 Å². The molecule has 1 unspecified atom stereocenters. The lowest BCUT2D eigenvalue weighted by Gasteiger charge is -2.31. The van der Waals surface area contributed by atoms with Crippen molar-refractivity contribution in [3.05, 3.63) is 63.5 Å². The number of hydrogen-bond donors (Lipinski definition) is 1. The number of rotatable bonds is 2. The van der Waals surface area contributed by atoms with Crippen LogP contribution in [0.5, 0.6) is 0 Å². The second-order valence-corrected chi connectivity index (χ2v) is 9.72. The number of Topliss-reactive ketones (excluding diaryl/α,β-unsaturated/α-hetero) is 1. The molecule has 6 heteroatoms. The second kappa shape index (κ2) is 6.66. The van der Waals surface area contributed by atoms with Crippen LogP contribution in [0, 0.1) is 0 Å². The van der Waals surface area contributed by atoms with E-state index in [2.05, 4.69) is 56.4 Å². The first-order chi connectivity index (χ1) is 13.9. The number of allylic oxidation sites excluding steroid dienone is 2. The van der Waals surface area contributed by atoms with Gasteiger partial charge in [-0.25, -0.2) is 4.68 Å². The van der Waals surface area contributed by atoms with Crippen LogP contribution in [-0.2, 0) is 10.2 Å². The Morgan fingerprint density at radius 2 is 1.93 bits per heavy atom. The highest BCUT2D eigenvalue weighted by Crippen LogP contribution is 2.41. The Labute approximate surface area is 174 Å². The molecule has 0 spiro atoms. The predicted octanol–water partition coefficient (Wildman–Crippen LogP) is 5.33. The molecule has 1 aliphatic carbocycles. The van der Waals surface area contributed by atoms with Crippen molar-refractivity contribution in [2.75, 3.05) is 5.32 Å². The molecule has 5 rings (SSSR count). The normalized spacial score (nSPS) is 19.0. The Balaban J connectivity index is 1.59. The van der Waals surface area contributed by atoms with E-state index in [-0.39, 0.29) is 17.2 Å². The fraction of sp³-hybridized carbons (Fsp3) is 0.348. The van der Waals surface area contributed by atoms with Crippen LogP contribution in [0.25, 0.3) is 11.4 Å². The lowest BCUT2D eigenvalue weighted by atomic mass is 9.87. The van der Waals surface area contributed by atoms with E-state index in [0.29, 0.717) is 18.2 Å². The zero-order valence-corrected chi connectivity index (χ0v) is 17.7. The molecule has 0 radical (unpaired) electrons. The molecule has 0 fully saturated rings. The summed E-state index contributed by atoms with van der Waals surface area (Å²) < 4.78 is 1.89. The Kier molecular flexibility index (Phi) is 4.21. The van der Waals surface area contributed by atoms with Crippen LogP contribution in [0.3, 0.4) is 0 Å². The van der Waals surface area contributed by atoms with Crippen molar-refractivity contribution >= 4 is 23.1 Å². The van der Waals surface area contributed by atoms with E-state index in [0.717, 1.165) is 34.6 Å². The summed E-state index contributed by atoms with van der Waals surface area (Å²) in [6.45, 7) is 6.62. The minimum Gasteiger partial charge on any atom is -0.328 e. The number of ketones is 1. The number of aromatic nitrogens is 3. The number of nitrogens with zero attached hydrogens (tertiary/aromatic N) is 3. The van der Waals surface area contributed by atoms with Gasteiger partial charge in [0.25, 0.3) is 0 Å². The highest BCUT2D eigenvalue weighted by Gasteiger charge is 2.37. The van der Waals surface area contributed by atoms with Crippen LogP contribution in [0.15, 0.2) is 53.0 Å². The lowest BCUT2D eigenvalue weighted by molar-refractivity contribution is -0.116. The number of benzene rings is 1. The molecule has 0 bridgehead atoms. The molecule has 0 amide bonds. The van der Waals surface area contributed by atoms with Crippen molar-refractivity contribution < 1.29 is 4.79 Å². The topological polar surface area (TPSA) is 59.8 Å². The van der Waals surface area contributed by atoms with Gasteiger partial charge in [0.1, 0.15) is 6.04 Å². The summed E-state index contributed by atoms with van der Waals surface area (Å²) in [7, 11) is 0. The highest BCUT2D eigenvalue weighted by atomic mass is 32.1. The van der Waals surface area contributed by atoms with Gasteiger partial charge >= 0.3 is 0 Å². The molecule has 148 valence electrons. The Morgan fingerprint density at radius 1 is 1.14 bits per heavy atom. The van der Waals surface area contributed by atoms with Gasteiger partial charge in [0.2, 0.25) is 5.95 Å². The monoisotopic (exact) mass is 404 g/mol. The molecule has 2 aliphatic rings. The van der Waals surface area contributed by atoms with Crippen molar-refractivity contribution in [1.29, 1.82) is 0 Å². The van der Waals surface area contributed by atoms with Crippen molar-refractivity contribution in [3.63, 3.8) is 0 Å². The molecule has 1 atom stereocenters. The SMILES string of the molecule is CC(C)(C)c1ccc(-c2nc3n(n2)C(c2cccs2)C2=C(CCCC2=O)N3)cc1. The fourth-order valence-corrected chi connectivity index (χ4v) is 4.93. The minimum atomic E-state index is -0.191. The number of hydrogen-bond acceptors (Lipinski definition) is 5. The first-order valence-electron chi connectivity index (χ1n) is 10.1. The largest absolute Gasteiger partial charge is 0.328 e. The molecule has 1 aromatic carbocycles. The van der Waals surface area contributed by atoms with Gasteiger partial charge in [-0.3, -0.25) is 4.79 Å². The summed E-state index contributed by atoms with van der Waals surface area (Å²) in [5.74, 6) is 1.61. The fourth-order valence-electron chi connectivity index (χ4n) is 4.11. The Bertz CT molecular complexity index is 1100. The molecule has 29 heavy (non-hydrogen) atoms. The molecule has 1 N–H and O–H groups in total. The smallest absolute Gasteiger partial charge is 0.226 e. The van der Waals surface area contributed by atoms with Crippen molar-refractivity contribution in [2.45, 2.75) is 51.5 Å². The van der Waals surface area contributed by atoms with Gasteiger partial charge in [0, 0.05) is 28.1 Å². The number of nitrogens with one attached hydrogen (secondary N) is 1. The molecule has 3 heterocycles. The molecule has 2 aromatic heterocycles. The molecule has 1 aliphatic heterocycles. The van der Waals surface area contributed by atoms with Gasteiger partial charge in [0.15, 0.2) is 11.6 Å². The predicted molar refractivity (Wildman–Crippen MR) is 116 cm³/mol. The quantitative estimate of drug-likeness (QED) is 0.627. The summed E-state index contributed by atoms with van der Waals surface area (Å²) in [6.07, 6.45) is 2.37. The second-order valence-electron chi connectivity index (χ2n) is 8.74. The molecular weight excluding hydrogens is 380 g/mol. The van der Waals surface area contributed by atoms with Crippen molar-refractivity contribution in [3.8, 4) is 11.4 Å². The first-order valence-corrected chi connectivity index (χ1v) is 10.9. The average molecular weight is 405 g/mol. The van der Waals surface area contributed by atoms with E-state index < -0.39 is 0 Å². The number of carbonyl (C=O) groups excluding carboxylic acids is 1. The van der Waals surface area contributed by atoms with Crippen LogP contribution < -0.4 is 5.32 Å². The third-order valence-corrected chi connectivity index (χ3v) is 6.61. The maximum atomic E-state index is 12.8. The standard InChI is InChI=1S/C23H24N4OS/c1-23(2,3)15-11-9-14(10-12-15)21-25-22-24-16-6-4-7-17(28)19(16)20(27(22)26-21)18-8-5-13-29-18/h5,8-13,20H,4,6-7H2,1-3H3,(H,24,25,26). The van der Waals surface area contributed by atoms with Gasteiger partial charge in [0.05, 0.1) is 0 Å². The van der Waals surface area contributed by atoms with Crippen LogP contribution in [0.2, 0.25) is 0 Å². The highest BCUT2D eigenvalue weighted by molar-refractivity contribution is 7.10. The van der Waals surface area contributed by atoms with Gasteiger partial charge in [-0.05, 0) is 35.3 Å². The van der Waals surface area contributed by atoms with Gasteiger partial charge in [-0.2, -0.15) is 4.98 Å². The number of thiophene rings is 1. The maximum absolute atomic E-state index is 12.8. The van der Waals surface area contributed by atoms with Crippen molar-refractivity contribution in [1.82, 2.24) is 14.8 Å². The first kappa shape index (κ1) is 18.3. The minimum absolute atomic E-state index is 0.106. The van der Waals surface area contributed by atoms with Crippen LogP contribution in [0.4, 0.5) is 5.95 Å². The average Bonchev–Trinajstić information content (AvgIpc) is 3.36. The third-order valence-electron chi connectivity index (χ3n) is 5.69. The molecule has 0 saturated heterocycles. The van der Waals surface area contributed by atoms with E-state index in [1.54, 1.807) is 11.3 Å². The van der Waals surface area contributed by atoms with E-state index >= 15 is 0 Å². The molecular formula is C23H24N4OS. The van der Waals surface area contributed by atoms with E-state index in [1.807, 2.05) is 16.1 Å². The van der Waals surface area contributed by atoms with Crippen LogP contribution in [-0.4, -0.2) is 20.5 Å².